The molecule has 4 rings (SSSR count). The summed E-state index contributed by atoms with van der Waals surface area (Å²) in [4.78, 5) is 6.38. The third-order valence-electron chi connectivity index (χ3n) is 5.78. The zero-order valence-corrected chi connectivity index (χ0v) is 19.5. The number of imidazole rings is 1. The van der Waals surface area contributed by atoms with E-state index in [0.29, 0.717) is 38.6 Å². The minimum Gasteiger partial charge on any atom is -0.494 e. The van der Waals surface area contributed by atoms with Gasteiger partial charge in [0.25, 0.3) is 0 Å². The molecule has 7 nitrogen and oxygen atoms in total. The van der Waals surface area contributed by atoms with E-state index in [0.717, 1.165) is 30.1 Å². The van der Waals surface area contributed by atoms with Gasteiger partial charge in [-0.1, -0.05) is 18.2 Å². The number of benzene rings is 2. The number of halogens is 1. The van der Waals surface area contributed by atoms with Crippen molar-refractivity contribution >= 4 is 0 Å². The van der Waals surface area contributed by atoms with Crippen LogP contribution in [-0.4, -0.2) is 64.7 Å². The van der Waals surface area contributed by atoms with Crippen molar-refractivity contribution in [3.05, 3.63) is 78.1 Å². The molecule has 3 aromatic rings. The first-order valence-corrected chi connectivity index (χ1v) is 11.6. The van der Waals surface area contributed by atoms with Crippen molar-refractivity contribution in [3.63, 3.8) is 0 Å². The summed E-state index contributed by atoms with van der Waals surface area (Å²) in [5, 5.41) is 11.1. The summed E-state index contributed by atoms with van der Waals surface area (Å²) in [6.45, 7) is 5.92. The largest absolute Gasteiger partial charge is 0.494 e. The monoisotopic (exact) mass is 469 g/mol. The standard InChI is InChI=1S/C26H32FN3O4/c1-21-28-9-11-30(21)10-4-13-33-24-7-2-5-22(15-24)17-29-12-14-32-19-26(31,18-29)20-34-25-8-3-6-23(27)16-25/h2-3,5-9,11,15-16,31H,4,10,12-14,17-20H2,1H3. The Morgan fingerprint density at radius 2 is 1.97 bits per heavy atom. The number of rotatable bonds is 10. The number of hydrogen-bond donors (Lipinski definition) is 1. The second-order valence-electron chi connectivity index (χ2n) is 8.75. The van der Waals surface area contributed by atoms with Gasteiger partial charge in [0, 0.05) is 44.6 Å². The van der Waals surface area contributed by atoms with Crippen LogP contribution in [0.2, 0.25) is 0 Å². The Bertz CT molecular complexity index is 1060. The molecule has 2 heterocycles. The summed E-state index contributed by atoms with van der Waals surface area (Å²) in [6, 6.07) is 13.9. The maximum Gasteiger partial charge on any atom is 0.134 e. The molecule has 2 aromatic carbocycles. The first kappa shape index (κ1) is 24.2. The van der Waals surface area contributed by atoms with E-state index in [1.165, 1.54) is 12.1 Å². The third-order valence-corrected chi connectivity index (χ3v) is 5.78. The quantitative estimate of drug-likeness (QED) is 0.459. The zero-order valence-electron chi connectivity index (χ0n) is 19.5. The zero-order chi connectivity index (χ0) is 23.8. The van der Waals surface area contributed by atoms with Crippen molar-refractivity contribution in [2.45, 2.75) is 32.0 Å². The van der Waals surface area contributed by atoms with E-state index < -0.39 is 5.60 Å². The molecule has 8 heteroatoms. The maximum atomic E-state index is 13.4. The van der Waals surface area contributed by atoms with Gasteiger partial charge in [-0.3, -0.25) is 4.90 Å². The van der Waals surface area contributed by atoms with Crippen LogP contribution < -0.4 is 9.47 Å². The summed E-state index contributed by atoms with van der Waals surface area (Å²) >= 11 is 0. The first-order chi connectivity index (χ1) is 16.5. The van der Waals surface area contributed by atoms with Crippen LogP contribution in [0.4, 0.5) is 4.39 Å². The molecule has 0 spiro atoms. The van der Waals surface area contributed by atoms with Crippen molar-refractivity contribution in [2.24, 2.45) is 0 Å². The topological polar surface area (TPSA) is 69.0 Å². The van der Waals surface area contributed by atoms with Crippen LogP contribution in [0.25, 0.3) is 0 Å². The van der Waals surface area contributed by atoms with Crippen LogP contribution in [0.5, 0.6) is 11.5 Å². The highest BCUT2D eigenvalue weighted by Crippen LogP contribution is 2.20. The Hall–Kier alpha value is -2.94. The Morgan fingerprint density at radius 3 is 2.76 bits per heavy atom. The van der Waals surface area contributed by atoms with Gasteiger partial charge in [-0.25, -0.2) is 9.37 Å². The fourth-order valence-electron chi connectivity index (χ4n) is 4.05. The van der Waals surface area contributed by atoms with Crippen LogP contribution >= 0.6 is 0 Å². The summed E-state index contributed by atoms with van der Waals surface area (Å²) in [5.41, 5.74) is -0.0965. The number of nitrogens with zero attached hydrogens (tertiary/aromatic N) is 3. The number of aromatic nitrogens is 2. The van der Waals surface area contributed by atoms with Crippen molar-refractivity contribution in [1.82, 2.24) is 14.5 Å². The molecule has 0 aliphatic carbocycles. The molecule has 182 valence electrons. The molecule has 1 aliphatic rings. The summed E-state index contributed by atoms with van der Waals surface area (Å²) in [7, 11) is 0. The fourth-order valence-corrected chi connectivity index (χ4v) is 4.05. The molecule has 34 heavy (non-hydrogen) atoms. The molecule has 1 atom stereocenters. The van der Waals surface area contributed by atoms with Crippen molar-refractivity contribution in [1.29, 1.82) is 0 Å². The fraction of sp³-hybridized carbons (Fsp3) is 0.423. The molecule has 1 aliphatic heterocycles. The van der Waals surface area contributed by atoms with Crippen LogP contribution in [0.1, 0.15) is 17.8 Å². The second kappa shape index (κ2) is 11.5. The van der Waals surface area contributed by atoms with Gasteiger partial charge in [-0.05, 0) is 43.2 Å². The second-order valence-corrected chi connectivity index (χ2v) is 8.75. The maximum absolute atomic E-state index is 13.4. The van der Waals surface area contributed by atoms with E-state index in [-0.39, 0.29) is 19.0 Å². The minimum atomic E-state index is -1.19. The predicted molar refractivity (Wildman–Crippen MR) is 126 cm³/mol. The number of aryl methyl sites for hydroxylation is 2. The van der Waals surface area contributed by atoms with Gasteiger partial charge in [-0.2, -0.15) is 0 Å². The lowest BCUT2D eigenvalue weighted by Crippen LogP contribution is -2.48. The summed E-state index contributed by atoms with van der Waals surface area (Å²) in [6.07, 6.45) is 4.68. The minimum absolute atomic E-state index is 0.0203. The number of aliphatic hydroxyl groups is 1. The predicted octanol–water partition coefficient (Wildman–Crippen LogP) is 3.44. The number of β-amino-alcohol motifs (C(OH)–C–C–N with tert-alkyl or cyclic N) is 1. The normalized spacial score (nSPS) is 19.0. The highest BCUT2D eigenvalue weighted by atomic mass is 19.1. The molecule has 1 unspecified atom stereocenters. The molecule has 0 radical (unpaired) electrons. The summed E-state index contributed by atoms with van der Waals surface area (Å²) in [5.74, 6) is 1.85. The van der Waals surface area contributed by atoms with Crippen molar-refractivity contribution < 1.29 is 23.7 Å². The lowest BCUT2D eigenvalue weighted by Gasteiger charge is -2.30. The van der Waals surface area contributed by atoms with Gasteiger partial charge in [-0.15, -0.1) is 0 Å². The highest BCUT2D eigenvalue weighted by Gasteiger charge is 2.33. The molecule has 1 N–H and O–H groups in total. The van der Waals surface area contributed by atoms with Gasteiger partial charge in [0.1, 0.15) is 35.3 Å². The smallest absolute Gasteiger partial charge is 0.134 e. The SMILES string of the molecule is Cc1nccn1CCCOc1cccc(CN2CCOCC(O)(COc3cccc(F)c3)C2)c1. The van der Waals surface area contributed by atoms with Crippen molar-refractivity contribution in [3.8, 4) is 11.5 Å². The first-order valence-electron chi connectivity index (χ1n) is 11.6. The van der Waals surface area contributed by atoms with Gasteiger partial charge in [0.15, 0.2) is 0 Å². The lowest BCUT2D eigenvalue weighted by molar-refractivity contribution is -0.0647. The van der Waals surface area contributed by atoms with E-state index in [9.17, 15) is 9.50 Å². The highest BCUT2D eigenvalue weighted by molar-refractivity contribution is 5.28. The van der Waals surface area contributed by atoms with Crippen LogP contribution in [0.15, 0.2) is 60.9 Å². The molecular weight excluding hydrogens is 437 g/mol. The van der Waals surface area contributed by atoms with E-state index in [1.54, 1.807) is 12.1 Å². The van der Waals surface area contributed by atoms with Gasteiger partial charge in [0.2, 0.25) is 0 Å². The Kier molecular flexibility index (Phi) is 8.16. The average molecular weight is 470 g/mol. The van der Waals surface area contributed by atoms with E-state index in [4.69, 9.17) is 14.2 Å². The number of hydrogen-bond acceptors (Lipinski definition) is 6. The third kappa shape index (κ3) is 7.03. The van der Waals surface area contributed by atoms with Crippen LogP contribution in [0.3, 0.4) is 0 Å². The Labute approximate surface area is 199 Å². The van der Waals surface area contributed by atoms with Gasteiger partial charge >= 0.3 is 0 Å². The Balaban J connectivity index is 1.29. The van der Waals surface area contributed by atoms with E-state index >= 15 is 0 Å². The molecule has 0 bridgehead atoms. The molecule has 1 saturated heterocycles. The van der Waals surface area contributed by atoms with Gasteiger partial charge in [0.05, 0.1) is 19.8 Å². The molecule has 0 saturated carbocycles. The van der Waals surface area contributed by atoms with Gasteiger partial charge < -0.3 is 23.9 Å². The molecule has 1 fully saturated rings. The average Bonchev–Trinajstić information content (AvgIpc) is 3.13. The summed E-state index contributed by atoms with van der Waals surface area (Å²) < 4.78 is 32.8. The molecule has 1 aromatic heterocycles. The molecular formula is C26H32FN3O4. The number of ether oxygens (including phenoxy) is 3. The molecule has 0 amide bonds. The lowest BCUT2D eigenvalue weighted by atomic mass is 10.1. The van der Waals surface area contributed by atoms with Crippen molar-refractivity contribution in [2.75, 3.05) is 39.5 Å². The van der Waals surface area contributed by atoms with E-state index in [1.807, 2.05) is 37.5 Å². The van der Waals surface area contributed by atoms with E-state index in [2.05, 4.69) is 20.5 Å². The Morgan fingerprint density at radius 1 is 1.15 bits per heavy atom. The van der Waals surface area contributed by atoms with Crippen LogP contribution in [0, 0.1) is 12.7 Å². The van der Waals surface area contributed by atoms with Crippen LogP contribution in [-0.2, 0) is 17.8 Å².